The van der Waals surface area contributed by atoms with Crippen molar-refractivity contribution in [2.75, 3.05) is 24.6 Å². The number of carboxylic acid groups (broad SMARTS) is 1. The minimum absolute atomic E-state index is 0.305. The lowest BCUT2D eigenvalue weighted by atomic mass is 10.2. The maximum Gasteiger partial charge on any atom is 0.394 e. The van der Waals surface area contributed by atoms with Gasteiger partial charge in [-0.3, -0.25) is 0 Å². The van der Waals surface area contributed by atoms with E-state index in [9.17, 15) is 4.79 Å². The molecule has 3 rings (SSSR count). The molecule has 3 aromatic rings. The summed E-state index contributed by atoms with van der Waals surface area (Å²) in [5, 5.41) is 17.3. The minimum Gasteiger partial charge on any atom is -0.550 e. The number of carbonyl (C=O) groups excluding carboxylic acids is 2. The molecule has 10 nitrogen and oxygen atoms in total. The number of aliphatic carboxylic acids is 1. The van der Waals surface area contributed by atoms with E-state index >= 15 is 0 Å². The summed E-state index contributed by atoms with van der Waals surface area (Å²) in [5.41, 5.74) is 2.34. The fourth-order valence-electron chi connectivity index (χ4n) is 2.74. The van der Waals surface area contributed by atoms with Crippen molar-refractivity contribution in [1.82, 2.24) is 9.67 Å². The van der Waals surface area contributed by atoms with Gasteiger partial charge < -0.3 is 19.5 Å². The van der Waals surface area contributed by atoms with E-state index in [0.717, 1.165) is 24.8 Å². The normalized spacial score (nSPS) is 10.4. The monoisotopic (exact) mass is 452 g/mol. The van der Waals surface area contributed by atoms with Gasteiger partial charge in [-0.15, -0.1) is 5.11 Å². The molecule has 0 spiro atoms. The highest BCUT2D eigenvalue weighted by Crippen LogP contribution is 2.21. The number of likely N-dealkylation sites (N-methyl/N-ethyl adjacent to an activating group) is 1. The molecule has 2 aromatic carbocycles. The van der Waals surface area contributed by atoms with Gasteiger partial charge >= 0.3 is 18.2 Å². The van der Waals surface area contributed by atoms with Crippen LogP contribution in [0.25, 0.3) is 0 Å². The second-order valence-electron chi connectivity index (χ2n) is 6.93. The van der Waals surface area contributed by atoms with Gasteiger partial charge in [-0.05, 0) is 55.2 Å². The number of nitrogens with zero attached hydrogens (tertiary/aromatic N) is 6. The number of aryl methyl sites for hydroxylation is 1. The van der Waals surface area contributed by atoms with Crippen molar-refractivity contribution >= 4 is 29.3 Å². The highest BCUT2D eigenvalue weighted by Gasteiger charge is 2.10. The number of ether oxygens (including phenoxy) is 1. The van der Waals surface area contributed by atoms with Crippen LogP contribution in [0.1, 0.15) is 24.2 Å². The van der Waals surface area contributed by atoms with Gasteiger partial charge in [-0.1, -0.05) is 23.3 Å². The number of aromatic nitrogens is 3. The van der Waals surface area contributed by atoms with E-state index in [4.69, 9.17) is 14.6 Å². The van der Waals surface area contributed by atoms with Crippen LogP contribution in [0.4, 0.5) is 17.3 Å². The van der Waals surface area contributed by atoms with E-state index in [0.29, 0.717) is 24.7 Å². The first kappa shape index (κ1) is 25.2. The molecule has 0 saturated heterocycles. The van der Waals surface area contributed by atoms with Crippen molar-refractivity contribution < 1.29 is 24.1 Å². The molecule has 0 atom stereocenters. The quantitative estimate of drug-likeness (QED) is 0.294. The van der Waals surface area contributed by atoms with Crippen molar-refractivity contribution in [3.63, 3.8) is 0 Å². The Hall–Kier alpha value is -4.08. The largest absolute Gasteiger partial charge is 0.550 e. The Bertz CT molecular complexity index is 1060. The average Bonchev–Trinajstić information content (AvgIpc) is 3.13. The Morgan fingerprint density at radius 2 is 1.76 bits per heavy atom. The summed E-state index contributed by atoms with van der Waals surface area (Å²) in [6, 6.07) is 16.8. The molecule has 0 aliphatic rings. The highest BCUT2D eigenvalue weighted by atomic mass is 16.5. The smallest absolute Gasteiger partial charge is 0.394 e. The molecule has 0 bridgehead atoms. The van der Waals surface area contributed by atoms with Crippen molar-refractivity contribution in [3.8, 4) is 0 Å². The lowest BCUT2D eigenvalue weighted by Gasteiger charge is -2.22. The summed E-state index contributed by atoms with van der Waals surface area (Å²) < 4.78 is 9.00. The van der Waals surface area contributed by atoms with Crippen LogP contribution in [-0.2, 0) is 23.6 Å². The molecule has 1 aromatic heterocycles. The van der Waals surface area contributed by atoms with Gasteiger partial charge in [0.25, 0.3) is 0 Å². The number of hydrogen-bond donors (Lipinski definition) is 0. The van der Waals surface area contributed by atoms with Crippen molar-refractivity contribution in [2.45, 2.75) is 13.8 Å². The molecule has 0 aliphatic heterocycles. The van der Waals surface area contributed by atoms with Gasteiger partial charge in [0, 0.05) is 18.2 Å². The lowest BCUT2D eigenvalue weighted by molar-refractivity contribution is -0.751. The van der Waals surface area contributed by atoms with Gasteiger partial charge in [0.05, 0.1) is 24.8 Å². The van der Waals surface area contributed by atoms with Gasteiger partial charge in [-0.25, -0.2) is 4.79 Å². The maximum atomic E-state index is 12.0. The number of carboxylic acids is 1. The van der Waals surface area contributed by atoms with Crippen LogP contribution >= 0.6 is 0 Å². The second kappa shape index (κ2) is 12.7. The standard InChI is InChI=1S/C21H25N6O2.C2H4O2/c1-4-27(14-15-29-20(28)17-8-6-5-7-9-17)19-12-10-18(11-13-19)23-24-21-22-16-25(2)26(21)3;1-2(3)4/h5-13,16H,4,14-15H2,1-3H3;1H3,(H,3,4)/q+1;/p-1. The van der Waals surface area contributed by atoms with Crippen LogP contribution in [0.3, 0.4) is 0 Å². The Morgan fingerprint density at radius 1 is 1.12 bits per heavy atom. The summed E-state index contributed by atoms with van der Waals surface area (Å²) >= 11 is 0. The lowest BCUT2D eigenvalue weighted by Crippen LogP contribution is -2.35. The number of rotatable bonds is 8. The molecule has 0 fully saturated rings. The van der Waals surface area contributed by atoms with Gasteiger partial charge in [0.15, 0.2) is 0 Å². The molecule has 1 heterocycles. The molecule has 33 heavy (non-hydrogen) atoms. The van der Waals surface area contributed by atoms with Crippen LogP contribution in [0.5, 0.6) is 0 Å². The number of esters is 1. The van der Waals surface area contributed by atoms with Gasteiger partial charge in [0.1, 0.15) is 13.7 Å². The summed E-state index contributed by atoms with van der Waals surface area (Å²) in [4.78, 5) is 27.2. The molecular formula is C23H28N6O4. The van der Waals surface area contributed by atoms with Crippen LogP contribution in [0.15, 0.2) is 71.2 Å². The van der Waals surface area contributed by atoms with Crippen molar-refractivity contribution in [2.24, 2.45) is 24.3 Å². The van der Waals surface area contributed by atoms with E-state index in [1.54, 1.807) is 23.1 Å². The second-order valence-corrected chi connectivity index (χ2v) is 6.93. The molecule has 174 valence electrons. The molecule has 0 radical (unpaired) electrons. The molecule has 0 N–H and O–H groups in total. The van der Waals surface area contributed by atoms with Crippen LogP contribution < -0.4 is 14.7 Å². The van der Waals surface area contributed by atoms with Crippen molar-refractivity contribution in [1.29, 1.82) is 0 Å². The Balaban J connectivity index is 0.000000890. The first-order valence-electron chi connectivity index (χ1n) is 10.4. The fraction of sp³-hybridized carbons (Fsp3) is 0.304. The van der Waals surface area contributed by atoms with E-state index in [2.05, 4.69) is 27.0 Å². The zero-order valence-electron chi connectivity index (χ0n) is 19.2. The zero-order chi connectivity index (χ0) is 24.2. The van der Waals surface area contributed by atoms with Crippen molar-refractivity contribution in [3.05, 3.63) is 66.5 Å². The Kier molecular flexibility index (Phi) is 9.69. The SMILES string of the molecule is CC(=O)[O-].CCN(CCOC(=O)c1ccccc1)c1ccc(N=Nc2nc[n+](C)n2C)cc1. The van der Waals surface area contributed by atoms with Crippen LogP contribution in [0.2, 0.25) is 0 Å². The van der Waals surface area contributed by atoms with Gasteiger partial charge in [-0.2, -0.15) is 9.36 Å². The highest BCUT2D eigenvalue weighted by molar-refractivity contribution is 5.89. The summed E-state index contributed by atoms with van der Waals surface area (Å²) in [6.45, 7) is 4.76. The third kappa shape index (κ3) is 8.17. The number of hydrogen-bond acceptors (Lipinski definition) is 8. The van der Waals surface area contributed by atoms with Gasteiger partial charge in [0.2, 0.25) is 0 Å². The Morgan fingerprint density at radius 3 is 2.30 bits per heavy atom. The molecular weight excluding hydrogens is 424 g/mol. The number of anilines is 1. The first-order chi connectivity index (χ1) is 15.8. The van der Waals surface area contributed by atoms with Crippen LogP contribution in [-0.4, -0.2) is 41.3 Å². The Labute approximate surface area is 192 Å². The maximum absolute atomic E-state index is 12.0. The molecule has 0 saturated carbocycles. The molecule has 10 heteroatoms. The summed E-state index contributed by atoms with van der Waals surface area (Å²) in [5.74, 6) is -0.855. The van der Waals surface area contributed by atoms with E-state index in [1.165, 1.54) is 0 Å². The third-order valence-corrected chi connectivity index (χ3v) is 4.56. The van der Waals surface area contributed by atoms with E-state index in [1.807, 2.05) is 61.2 Å². The predicted molar refractivity (Wildman–Crippen MR) is 120 cm³/mol. The molecule has 0 amide bonds. The molecule has 0 aliphatic carbocycles. The molecule has 0 unspecified atom stereocenters. The van der Waals surface area contributed by atoms with E-state index in [-0.39, 0.29) is 5.97 Å². The topological polar surface area (TPSA) is 116 Å². The summed E-state index contributed by atoms with van der Waals surface area (Å²) in [6.07, 6.45) is 1.68. The average molecular weight is 453 g/mol. The van der Waals surface area contributed by atoms with Crippen LogP contribution in [0, 0.1) is 0 Å². The minimum atomic E-state index is -1.08. The first-order valence-corrected chi connectivity index (χ1v) is 10.4. The van der Waals surface area contributed by atoms with E-state index < -0.39 is 5.97 Å². The third-order valence-electron chi connectivity index (χ3n) is 4.56. The number of azo groups is 1. The zero-order valence-corrected chi connectivity index (χ0v) is 19.2. The number of carbonyl (C=O) groups is 2. The fourth-order valence-corrected chi connectivity index (χ4v) is 2.74. The predicted octanol–water partition coefficient (Wildman–Crippen LogP) is 2.10. The number of benzene rings is 2. The summed E-state index contributed by atoms with van der Waals surface area (Å²) in [7, 11) is 3.76.